The molecule has 0 aliphatic rings. The van der Waals surface area contributed by atoms with Gasteiger partial charge in [-0.1, -0.05) is 26.2 Å². The van der Waals surface area contributed by atoms with Crippen LogP contribution in [0.5, 0.6) is 0 Å². The molecule has 13 heavy (non-hydrogen) atoms. The lowest BCUT2D eigenvalue weighted by molar-refractivity contribution is 0.577. The van der Waals surface area contributed by atoms with Crippen LogP contribution in [0.3, 0.4) is 0 Å². The van der Waals surface area contributed by atoms with Gasteiger partial charge in [0.2, 0.25) is 0 Å². The van der Waals surface area contributed by atoms with Gasteiger partial charge in [0, 0.05) is 0 Å². The molecule has 0 radical (unpaired) electrons. The fourth-order valence-electron chi connectivity index (χ4n) is 1.20. The summed E-state index contributed by atoms with van der Waals surface area (Å²) in [7, 11) is 0. The molecule has 0 saturated carbocycles. The lowest BCUT2D eigenvalue weighted by atomic mass is 10.2. The topological polar surface area (TPSA) is 38.0 Å². The Bertz CT molecular complexity index is 69.3. The fraction of sp³-hybridized carbons (Fsp3) is 1.00. The Morgan fingerprint density at radius 2 is 1.54 bits per heavy atom. The van der Waals surface area contributed by atoms with E-state index >= 15 is 0 Å². The van der Waals surface area contributed by atoms with Crippen molar-refractivity contribution in [2.24, 2.45) is 5.73 Å². The minimum Gasteiger partial charge on any atom is -0.330 e. The van der Waals surface area contributed by atoms with Crippen LogP contribution in [0, 0.1) is 0 Å². The van der Waals surface area contributed by atoms with Crippen LogP contribution in [0.25, 0.3) is 0 Å². The molecule has 0 spiro atoms. The lowest BCUT2D eigenvalue weighted by Crippen LogP contribution is -2.16. The molecule has 0 rings (SSSR count). The first-order valence-electron chi connectivity index (χ1n) is 5.32. The highest BCUT2D eigenvalue weighted by Crippen LogP contribution is 1.93. The number of hydrogen-bond acceptors (Lipinski definition) is 2. The van der Waals surface area contributed by atoms with Gasteiger partial charge in [-0.15, -0.1) is 0 Å². The molecule has 0 saturated heterocycles. The van der Waals surface area contributed by atoms with Gasteiger partial charge in [-0.2, -0.15) is 13.5 Å². The van der Waals surface area contributed by atoms with Crippen molar-refractivity contribution < 1.29 is 0 Å². The minimum absolute atomic E-state index is 0. The zero-order valence-electron chi connectivity index (χ0n) is 8.94. The second-order valence-corrected chi connectivity index (χ2v) is 3.31. The van der Waals surface area contributed by atoms with E-state index in [1.807, 2.05) is 0 Å². The van der Waals surface area contributed by atoms with Crippen molar-refractivity contribution in [2.45, 2.75) is 45.4 Å². The first-order chi connectivity index (χ1) is 5.91. The van der Waals surface area contributed by atoms with Gasteiger partial charge in [-0.3, -0.25) is 0 Å². The van der Waals surface area contributed by atoms with Crippen molar-refractivity contribution in [3.8, 4) is 0 Å². The second-order valence-electron chi connectivity index (χ2n) is 3.31. The Kier molecular flexibility index (Phi) is 17.9. The Balaban J connectivity index is 0. The maximum absolute atomic E-state index is 5.39. The van der Waals surface area contributed by atoms with Gasteiger partial charge >= 0.3 is 0 Å². The second kappa shape index (κ2) is 14.8. The molecule has 0 aromatic carbocycles. The molecule has 82 valence electrons. The molecule has 0 aliphatic carbocycles. The summed E-state index contributed by atoms with van der Waals surface area (Å²) in [5.41, 5.74) is 5.39. The smallest absolute Gasteiger partial charge is 0.00489 e. The van der Waals surface area contributed by atoms with Crippen molar-refractivity contribution >= 4 is 13.5 Å². The number of nitrogens with two attached hydrogens (primary N) is 1. The highest BCUT2D eigenvalue weighted by atomic mass is 32.1. The third-order valence-electron chi connectivity index (χ3n) is 2.01. The van der Waals surface area contributed by atoms with Gasteiger partial charge in [0.1, 0.15) is 0 Å². The van der Waals surface area contributed by atoms with Gasteiger partial charge in [-0.25, -0.2) is 0 Å². The van der Waals surface area contributed by atoms with Crippen LogP contribution in [-0.4, -0.2) is 19.6 Å². The van der Waals surface area contributed by atoms with Crippen LogP contribution in [0.4, 0.5) is 0 Å². The predicted molar refractivity (Wildman–Crippen MR) is 65.7 cm³/mol. The predicted octanol–water partition coefficient (Wildman–Crippen LogP) is 2.01. The minimum atomic E-state index is 0. The van der Waals surface area contributed by atoms with Crippen LogP contribution < -0.4 is 11.1 Å². The maximum Gasteiger partial charge on any atom is -0.00489 e. The van der Waals surface area contributed by atoms with Crippen LogP contribution in [0.15, 0.2) is 0 Å². The van der Waals surface area contributed by atoms with Gasteiger partial charge in [-0.05, 0) is 38.9 Å². The zero-order valence-corrected chi connectivity index (χ0v) is 9.94. The number of rotatable bonds is 9. The van der Waals surface area contributed by atoms with E-state index in [2.05, 4.69) is 12.2 Å². The van der Waals surface area contributed by atoms with Crippen molar-refractivity contribution in [1.82, 2.24) is 5.32 Å². The highest BCUT2D eigenvalue weighted by Gasteiger charge is 1.88. The average molecular weight is 206 g/mol. The normalized spacial score (nSPS) is 9.69. The third-order valence-corrected chi connectivity index (χ3v) is 2.01. The summed E-state index contributed by atoms with van der Waals surface area (Å²) in [6.45, 7) is 5.44. The van der Waals surface area contributed by atoms with E-state index in [1.54, 1.807) is 0 Å². The molecule has 3 N–H and O–H groups in total. The lowest BCUT2D eigenvalue weighted by Gasteiger charge is -2.02. The fourth-order valence-corrected chi connectivity index (χ4v) is 1.20. The molecule has 2 nitrogen and oxygen atoms in total. The summed E-state index contributed by atoms with van der Waals surface area (Å²) in [4.78, 5) is 0. The molecule has 0 fully saturated rings. The van der Waals surface area contributed by atoms with Crippen molar-refractivity contribution in [3.05, 3.63) is 0 Å². The maximum atomic E-state index is 5.39. The molecule has 0 bridgehead atoms. The largest absolute Gasteiger partial charge is 0.330 e. The standard InChI is InChI=1S/C10H24N2.H2S/c1-2-3-6-9-12-10-7-4-5-8-11;/h12H,2-11H2,1H3;1H2. The molecule has 0 aromatic heterocycles. The zero-order chi connectivity index (χ0) is 9.07. The van der Waals surface area contributed by atoms with Gasteiger partial charge < -0.3 is 11.1 Å². The third kappa shape index (κ3) is 15.1. The van der Waals surface area contributed by atoms with Crippen molar-refractivity contribution in [2.75, 3.05) is 19.6 Å². The molecule has 0 atom stereocenters. The van der Waals surface area contributed by atoms with E-state index in [9.17, 15) is 0 Å². The average Bonchev–Trinajstić information content (AvgIpc) is 2.10. The van der Waals surface area contributed by atoms with E-state index in [0.29, 0.717) is 0 Å². The SMILES string of the molecule is CCCCCNCCCCCN.S. The summed E-state index contributed by atoms with van der Waals surface area (Å²) in [5, 5.41) is 3.44. The van der Waals surface area contributed by atoms with E-state index in [0.717, 1.165) is 6.54 Å². The molecule has 0 aliphatic heterocycles. The molecule has 0 aromatic rings. The van der Waals surface area contributed by atoms with Crippen LogP contribution in [-0.2, 0) is 0 Å². The van der Waals surface area contributed by atoms with E-state index < -0.39 is 0 Å². The molecule has 3 heteroatoms. The van der Waals surface area contributed by atoms with E-state index in [1.165, 1.54) is 51.6 Å². The number of nitrogens with one attached hydrogen (secondary N) is 1. The van der Waals surface area contributed by atoms with Crippen LogP contribution in [0.2, 0.25) is 0 Å². The summed E-state index contributed by atoms with van der Waals surface area (Å²) < 4.78 is 0. The number of hydrogen-bond donors (Lipinski definition) is 2. The van der Waals surface area contributed by atoms with Crippen molar-refractivity contribution in [3.63, 3.8) is 0 Å². The summed E-state index contributed by atoms with van der Waals surface area (Å²) in [6, 6.07) is 0. The van der Waals surface area contributed by atoms with Gasteiger partial charge in [0.25, 0.3) is 0 Å². The van der Waals surface area contributed by atoms with Crippen LogP contribution >= 0.6 is 13.5 Å². The molecular weight excluding hydrogens is 180 g/mol. The summed E-state index contributed by atoms with van der Waals surface area (Å²) in [6.07, 6.45) is 7.73. The summed E-state index contributed by atoms with van der Waals surface area (Å²) >= 11 is 0. The van der Waals surface area contributed by atoms with Gasteiger partial charge in [0.15, 0.2) is 0 Å². The Hall–Kier alpha value is 0.270. The van der Waals surface area contributed by atoms with Crippen molar-refractivity contribution in [1.29, 1.82) is 0 Å². The monoisotopic (exact) mass is 206 g/mol. The Labute approximate surface area is 90.1 Å². The Morgan fingerprint density at radius 1 is 0.923 bits per heavy atom. The number of unbranched alkanes of at least 4 members (excludes halogenated alkanes) is 4. The van der Waals surface area contributed by atoms with Gasteiger partial charge in [0.05, 0.1) is 0 Å². The van der Waals surface area contributed by atoms with Crippen LogP contribution in [0.1, 0.15) is 45.4 Å². The molecule has 0 heterocycles. The first-order valence-corrected chi connectivity index (χ1v) is 5.32. The first kappa shape index (κ1) is 15.7. The molecule has 0 amide bonds. The highest BCUT2D eigenvalue weighted by molar-refractivity contribution is 7.59. The molecular formula is C10H26N2S. The Morgan fingerprint density at radius 3 is 2.08 bits per heavy atom. The summed E-state index contributed by atoms with van der Waals surface area (Å²) in [5.74, 6) is 0. The quantitative estimate of drug-likeness (QED) is 0.566. The molecule has 0 unspecified atom stereocenters. The van der Waals surface area contributed by atoms with E-state index in [4.69, 9.17) is 5.73 Å². The van der Waals surface area contributed by atoms with E-state index in [-0.39, 0.29) is 13.5 Å².